The maximum atomic E-state index is 12.0. The molecule has 1 aromatic carbocycles. The van der Waals surface area contributed by atoms with Crippen molar-refractivity contribution in [1.82, 2.24) is 15.6 Å². The van der Waals surface area contributed by atoms with Gasteiger partial charge in [0.2, 0.25) is 11.8 Å². The minimum Gasteiger partial charge on any atom is -0.508 e. The van der Waals surface area contributed by atoms with Gasteiger partial charge in [-0.25, -0.2) is 0 Å². The molecule has 3 rings (SSSR count). The molecular weight excluding hydrogens is 282 g/mol. The Labute approximate surface area is 127 Å². The number of carbonyl (C=O) groups is 2. The zero-order valence-electron chi connectivity index (χ0n) is 12.2. The van der Waals surface area contributed by atoms with E-state index in [1.54, 1.807) is 12.1 Å². The molecule has 0 saturated carbocycles. The summed E-state index contributed by atoms with van der Waals surface area (Å²) in [4.78, 5) is 26.8. The van der Waals surface area contributed by atoms with Gasteiger partial charge in [-0.15, -0.1) is 0 Å². The number of amides is 2. The Balaban J connectivity index is 1.59. The first-order chi connectivity index (χ1) is 10.6. The predicted molar refractivity (Wildman–Crippen MR) is 82.4 cm³/mol. The van der Waals surface area contributed by atoms with E-state index in [1.807, 2.05) is 12.3 Å². The first-order valence-electron chi connectivity index (χ1n) is 7.49. The lowest BCUT2D eigenvalue weighted by molar-refractivity contribution is -0.136. The number of piperidine rings is 1. The SMILES string of the molecule is O=C1NCCC[C@H]1C(=O)NCCc1c[nH]c2ccc(O)cc12. The van der Waals surface area contributed by atoms with Gasteiger partial charge in [0.15, 0.2) is 0 Å². The van der Waals surface area contributed by atoms with Crippen molar-refractivity contribution in [2.75, 3.05) is 13.1 Å². The first-order valence-corrected chi connectivity index (χ1v) is 7.49. The molecule has 2 aromatic rings. The van der Waals surface area contributed by atoms with Crippen LogP contribution >= 0.6 is 0 Å². The number of H-pyrrole nitrogens is 1. The zero-order valence-corrected chi connectivity index (χ0v) is 12.2. The third-order valence-electron chi connectivity index (χ3n) is 4.05. The number of phenolic OH excluding ortho intramolecular Hbond substituents is 1. The van der Waals surface area contributed by atoms with Crippen molar-refractivity contribution in [3.05, 3.63) is 30.0 Å². The van der Waals surface area contributed by atoms with Crippen molar-refractivity contribution in [3.8, 4) is 5.75 Å². The van der Waals surface area contributed by atoms with Crippen molar-refractivity contribution in [3.63, 3.8) is 0 Å². The number of aromatic amines is 1. The van der Waals surface area contributed by atoms with Gasteiger partial charge in [0.05, 0.1) is 0 Å². The topological polar surface area (TPSA) is 94.2 Å². The van der Waals surface area contributed by atoms with E-state index in [2.05, 4.69) is 15.6 Å². The number of hydrogen-bond acceptors (Lipinski definition) is 3. The molecular formula is C16H19N3O3. The molecule has 6 heteroatoms. The molecule has 1 fully saturated rings. The number of benzene rings is 1. The Kier molecular flexibility index (Phi) is 4.00. The van der Waals surface area contributed by atoms with Crippen molar-refractivity contribution in [1.29, 1.82) is 0 Å². The van der Waals surface area contributed by atoms with Crippen molar-refractivity contribution >= 4 is 22.7 Å². The molecule has 1 aliphatic rings. The average molecular weight is 301 g/mol. The monoisotopic (exact) mass is 301 g/mol. The number of rotatable bonds is 4. The molecule has 6 nitrogen and oxygen atoms in total. The summed E-state index contributed by atoms with van der Waals surface area (Å²) in [5.74, 6) is -0.738. The van der Waals surface area contributed by atoms with Gasteiger partial charge in [0.25, 0.3) is 0 Å². The summed E-state index contributed by atoms with van der Waals surface area (Å²) in [7, 11) is 0. The second kappa shape index (κ2) is 6.09. The van der Waals surface area contributed by atoms with Crippen LogP contribution < -0.4 is 10.6 Å². The number of nitrogens with one attached hydrogen (secondary N) is 3. The minimum absolute atomic E-state index is 0.180. The Hall–Kier alpha value is -2.50. The minimum atomic E-state index is -0.569. The number of aromatic nitrogens is 1. The van der Waals surface area contributed by atoms with Gasteiger partial charge in [-0.2, -0.15) is 0 Å². The molecule has 0 aliphatic carbocycles. The summed E-state index contributed by atoms with van der Waals surface area (Å²) >= 11 is 0. The summed E-state index contributed by atoms with van der Waals surface area (Å²) in [6.45, 7) is 1.12. The van der Waals surface area contributed by atoms with E-state index in [9.17, 15) is 14.7 Å². The summed E-state index contributed by atoms with van der Waals surface area (Å²) in [6, 6.07) is 5.16. The summed E-state index contributed by atoms with van der Waals surface area (Å²) < 4.78 is 0. The molecule has 0 unspecified atom stereocenters. The van der Waals surface area contributed by atoms with Crippen LogP contribution in [0.5, 0.6) is 5.75 Å². The van der Waals surface area contributed by atoms with Crippen LogP contribution in [0.2, 0.25) is 0 Å². The van der Waals surface area contributed by atoms with Crippen LogP contribution in [0.15, 0.2) is 24.4 Å². The molecule has 4 N–H and O–H groups in total. The first kappa shape index (κ1) is 14.4. The molecule has 2 amide bonds. The Morgan fingerprint density at radius 2 is 2.27 bits per heavy atom. The molecule has 22 heavy (non-hydrogen) atoms. The highest BCUT2D eigenvalue weighted by Crippen LogP contribution is 2.23. The normalized spacial score (nSPS) is 18.2. The predicted octanol–water partition coefficient (Wildman–Crippen LogP) is 1.06. The molecule has 2 heterocycles. The van der Waals surface area contributed by atoms with Gasteiger partial charge in [-0.1, -0.05) is 0 Å². The summed E-state index contributed by atoms with van der Waals surface area (Å²) in [5.41, 5.74) is 1.98. The molecule has 0 bridgehead atoms. The lowest BCUT2D eigenvalue weighted by Crippen LogP contribution is -2.45. The van der Waals surface area contributed by atoms with Crippen LogP contribution in [0.4, 0.5) is 0 Å². The highest BCUT2D eigenvalue weighted by atomic mass is 16.3. The third kappa shape index (κ3) is 2.90. The van der Waals surface area contributed by atoms with Crippen LogP contribution in [-0.2, 0) is 16.0 Å². The van der Waals surface area contributed by atoms with E-state index in [0.29, 0.717) is 25.9 Å². The number of phenols is 1. The van der Waals surface area contributed by atoms with E-state index >= 15 is 0 Å². The smallest absolute Gasteiger partial charge is 0.232 e. The average Bonchev–Trinajstić information content (AvgIpc) is 2.90. The number of aromatic hydroxyl groups is 1. The van der Waals surface area contributed by atoms with E-state index in [1.165, 1.54) is 0 Å². The molecule has 0 spiro atoms. The molecule has 1 aromatic heterocycles. The fourth-order valence-corrected chi connectivity index (χ4v) is 2.84. The van der Waals surface area contributed by atoms with Crippen LogP contribution in [0.25, 0.3) is 10.9 Å². The van der Waals surface area contributed by atoms with Crippen LogP contribution in [0, 0.1) is 5.92 Å². The van der Waals surface area contributed by atoms with Crippen molar-refractivity contribution in [2.24, 2.45) is 5.92 Å². The maximum Gasteiger partial charge on any atom is 0.232 e. The zero-order chi connectivity index (χ0) is 15.5. The highest BCUT2D eigenvalue weighted by Gasteiger charge is 2.28. The highest BCUT2D eigenvalue weighted by molar-refractivity contribution is 6.00. The fraction of sp³-hybridized carbons (Fsp3) is 0.375. The summed E-state index contributed by atoms with van der Waals surface area (Å²) in [6.07, 6.45) is 3.97. The molecule has 0 radical (unpaired) electrons. The number of hydrogen-bond donors (Lipinski definition) is 4. The standard InChI is InChI=1S/C16H19N3O3/c20-11-3-4-14-13(8-11)10(9-19-14)5-7-18-16(22)12-2-1-6-17-15(12)21/h3-4,8-9,12,19-20H,1-2,5-7H2,(H,17,21)(H,18,22)/t12-/m1/s1. The fourth-order valence-electron chi connectivity index (χ4n) is 2.84. The number of carbonyl (C=O) groups excluding carboxylic acids is 2. The molecule has 1 atom stereocenters. The van der Waals surface area contributed by atoms with Crippen molar-refractivity contribution < 1.29 is 14.7 Å². The van der Waals surface area contributed by atoms with E-state index in [-0.39, 0.29) is 17.6 Å². The molecule has 1 aliphatic heterocycles. The van der Waals surface area contributed by atoms with Gasteiger partial charge in [-0.05, 0) is 43.0 Å². The van der Waals surface area contributed by atoms with Crippen LogP contribution in [-0.4, -0.2) is 35.0 Å². The largest absolute Gasteiger partial charge is 0.508 e. The van der Waals surface area contributed by atoms with Gasteiger partial charge in [0.1, 0.15) is 11.7 Å². The van der Waals surface area contributed by atoms with Crippen molar-refractivity contribution in [2.45, 2.75) is 19.3 Å². The lowest BCUT2D eigenvalue weighted by atomic mass is 9.98. The van der Waals surface area contributed by atoms with E-state index < -0.39 is 5.92 Å². The van der Waals surface area contributed by atoms with E-state index in [0.717, 1.165) is 22.9 Å². The maximum absolute atomic E-state index is 12.0. The van der Waals surface area contributed by atoms with Gasteiger partial charge in [0, 0.05) is 30.2 Å². The third-order valence-corrected chi connectivity index (χ3v) is 4.05. The van der Waals surface area contributed by atoms with Gasteiger partial charge >= 0.3 is 0 Å². The van der Waals surface area contributed by atoms with E-state index in [4.69, 9.17) is 0 Å². The Morgan fingerprint density at radius 1 is 1.41 bits per heavy atom. The second-order valence-electron chi connectivity index (χ2n) is 5.57. The molecule has 1 saturated heterocycles. The Morgan fingerprint density at radius 3 is 3.09 bits per heavy atom. The van der Waals surface area contributed by atoms with Gasteiger partial charge < -0.3 is 20.7 Å². The van der Waals surface area contributed by atoms with Crippen LogP contribution in [0.3, 0.4) is 0 Å². The van der Waals surface area contributed by atoms with Crippen LogP contribution in [0.1, 0.15) is 18.4 Å². The number of fused-ring (bicyclic) bond motifs is 1. The Bertz CT molecular complexity index is 708. The van der Waals surface area contributed by atoms with Gasteiger partial charge in [-0.3, -0.25) is 9.59 Å². The molecule has 116 valence electrons. The lowest BCUT2D eigenvalue weighted by Gasteiger charge is -2.20. The second-order valence-corrected chi connectivity index (χ2v) is 5.57. The quantitative estimate of drug-likeness (QED) is 0.636. The summed E-state index contributed by atoms with van der Waals surface area (Å²) in [5, 5.41) is 16.0.